The van der Waals surface area contributed by atoms with E-state index in [2.05, 4.69) is 63.1 Å². The van der Waals surface area contributed by atoms with Crippen molar-refractivity contribution in [1.29, 1.82) is 5.26 Å². The summed E-state index contributed by atoms with van der Waals surface area (Å²) in [5.74, 6) is 0. The zero-order valence-corrected chi connectivity index (χ0v) is 20.2. The fraction of sp³-hybridized carbons (Fsp3) is 0.458. The standard InChI is InChI=1S/C24H35NOSi2/c1-27(2,3)26-28(4,5)19-9-7-6-8-10-21-11-15-23(16-12-21)24-17-13-22(20-25)14-18-24/h11-18H,6-10,19H2,1-5H3. The van der Waals surface area contributed by atoms with Gasteiger partial charge in [0.25, 0.3) is 0 Å². The maximum absolute atomic E-state index is 8.90. The van der Waals surface area contributed by atoms with Gasteiger partial charge in [0.05, 0.1) is 11.6 Å². The van der Waals surface area contributed by atoms with Crippen LogP contribution in [0.15, 0.2) is 48.5 Å². The Morgan fingerprint density at radius 2 is 1.29 bits per heavy atom. The minimum atomic E-state index is -1.46. The minimum Gasteiger partial charge on any atom is -0.456 e. The van der Waals surface area contributed by atoms with Crippen molar-refractivity contribution in [3.8, 4) is 17.2 Å². The Morgan fingerprint density at radius 3 is 1.82 bits per heavy atom. The normalized spacial score (nSPS) is 12.0. The third-order valence-corrected chi connectivity index (χ3v) is 11.1. The molecule has 2 nitrogen and oxygen atoms in total. The number of hydrogen-bond donors (Lipinski definition) is 0. The molecule has 0 N–H and O–H groups in total. The predicted octanol–water partition coefficient (Wildman–Crippen LogP) is 7.38. The average Bonchev–Trinajstić information content (AvgIpc) is 2.63. The summed E-state index contributed by atoms with van der Waals surface area (Å²) in [6.45, 7) is 11.7. The van der Waals surface area contributed by atoms with E-state index >= 15 is 0 Å². The summed E-state index contributed by atoms with van der Waals surface area (Å²) in [5, 5.41) is 8.90. The molecule has 28 heavy (non-hydrogen) atoms. The van der Waals surface area contributed by atoms with E-state index in [1.807, 2.05) is 24.3 Å². The molecular weight excluding hydrogens is 374 g/mol. The van der Waals surface area contributed by atoms with Crippen molar-refractivity contribution in [2.45, 2.75) is 70.9 Å². The molecule has 0 bridgehead atoms. The van der Waals surface area contributed by atoms with E-state index in [1.54, 1.807) is 0 Å². The van der Waals surface area contributed by atoms with Crippen LogP contribution < -0.4 is 0 Å². The Kier molecular flexibility index (Phi) is 8.24. The van der Waals surface area contributed by atoms with Crippen LogP contribution in [0.3, 0.4) is 0 Å². The van der Waals surface area contributed by atoms with Gasteiger partial charge < -0.3 is 4.12 Å². The molecule has 150 valence electrons. The van der Waals surface area contributed by atoms with Crippen LogP contribution in [0.5, 0.6) is 0 Å². The van der Waals surface area contributed by atoms with Gasteiger partial charge in [-0.1, -0.05) is 55.7 Å². The lowest BCUT2D eigenvalue weighted by Crippen LogP contribution is -2.42. The monoisotopic (exact) mass is 409 g/mol. The average molecular weight is 410 g/mol. The molecule has 0 atom stereocenters. The van der Waals surface area contributed by atoms with E-state index in [-0.39, 0.29) is 0 Å². The van der Waals surface area contributed by atoms with Gasteiger partial charge >= 0.3 is 0 Å². The Balaban J connectivity index is 1.70. The summed E-state index contributed by atoms with van der Waals surface area (Å²) < 4.78 is 6.42. The Bertz CT molecular complexity index is 768. The van der Waals surface area contributed by atoms with Gasteiger partial charge in [-0.15, -0.1) is 0 Å². The molecule has 0 amide bonds. The minimum absolute atomic E-state index is 0.707. The van der Waals surface area contributed by atoms with Crippen LogP contribution in [0.4, 0.5) is 0 Å². The molecule has 0 heterocycles. The van der Waals surface area contributed by atoms with Gasteiger partial charge in [-0.2, -0.15) is 5.26 Å². The van der Waals surface area contributed by atoms with E-state index in [9.17, 15) is 0 Å². The number of aryl methyl sites for hydroxylation is 1. The van der Waals surface area contributed by atoms with E-state index in [0.717, 1.165) is 12.0 Å². The topological polar surface area (TPSA) is 33.0 Å². The zero-order valence-electron chi connectivity index (χ0n) is 18.2. The van der Waals surface area contributed by atoms with Crippen molar-refractivity contribution in [3.05, 3.63) is 59.7 Å². The Hall–Kier alpha value is -1.68. The number of nitriles is 1. The smallest absolute Gasteiger partial charge is 0.173 e. The predicted molar refractivity (Wildman–Crippen MR) is 125 cm³/mol. The maximum Gasteiger partial charge on any atom is 0.173 e. The van der Waals surface area contributed by atoms with Crippen molar-refractivity contribution in [2.24, 2.45) is 0 Å². The molecule has 2 aromatic rings. The van der Waals surface area contributed by atoms with E-state index in [4.69, 9.17) is 9.38 Å². The molecule has 0 unspecified atom stereocenters. The molecule has 0 radical (unpaired) electrons. The van der Waals surface area contributed by atoms with Crippen molar-refractivity contribution >= 4 is 16.6 Å². The molecule has 0 saturated heterocycles. The molecule has 0 aliphatic carbocycles. The fourth-order valence-electron chi connectivity index (χ4n) is 3.71. The highest BCUT2D eigenvalue weighted by Crippen LogP contribution is 2.23. The highest BCUT2D eigenvalue weighted by Gasteiger charge is 2.28. The fourth-order valence-corrected chi connectivity index (χ4v) is 11.9. The van der Waals surface area contributed by atoms with Gasteiger partial charge in [-0.3, -0.25) is 0 Å². The van der Waals surface area contributed by atoms with E-state index in [0.29, 0.717) is 5.56 Å². The van der Waals surface area contributed by atoms with Crippen molar-refractivity contribution in [3.63, 3.8) is 0 Å². The van der Waals surface area contributed by atoms with Crippen LogP contribution in [0, 0.1) is 11.3 Å². The molecule has 4 heteroatoms. The molecule has 0 aliphatic rings. The highest BCUT2D eigenvalue weighted by atomic mass is 28.4. The number of hydrogen-bond acceptors (Lipinski definition) is 2. The second-order valence-corrected chi connectivity index (χ2v) is 18.3. The number of benzene rings is 2. The second-order valence-electron chi connectivity index (χ2n) is 9.27. The first kappa shape index (κ1) is 22.6. The molecule has 2 rings (SSSR count). The highest BCUT2D eigenvalue weighted by molar-refractivity contribution is 6.84. The summed E-state index contributed by atoms with van der Waals surface area (Å²) in [4.78, 5) is 0. The summed E-state index contributed by atoms with van der Waals surface area (Å²) >= 11 is 0. The first-order chi connectivity index (χ1) is 13.2. The first-order valence-corrected chi connectivity index (χ1v) is 17.0. The third kappa shape index (κ3) is 8.14. The number of unbranched alkanes of at least 4 members (excludes halogenated alkanes) is 3. The van der Waals surface area contributed by atoms with Gasteiger partial charge in [0.1, 0.15) is 0 Å². The van der Waals surface area contributed by atoms with Gasteiger partial charge in [0.2, 0.25) is 0 Å². The molecule has 0 aromatic heterocycles. The molecule has 2 aromatic carbocycles. The van der Waals surface area contributed by atoms with Crippen LogP contribution in [0.1, 0.15) is 36.8 Å². The molecule has 0 spiro atoms. The molecule has 0 fully saturated rings. The van der Waals surface area contributed by atoms with Crippen LogP contribution >= 0.6 is 0 Å². The summed E-state index contributed by atoms with van der Waals surface area (Å²) in [6.07, 6.45) is 6.33. The van der Waals surface area contributed by atoms with E-state index < -0.39 is 16.6 Å². The largest absolute Gasteiger partial charge is 0.456 e. The number of rotatable bonds is 10. The number of nitrogens with zero attached hydrogens (tertiary/aromatic N) is 1. The van der Waals surface area contributed by atoms with Gasteiger partial charge in [0.15, 0.2) is 16.6 Å². The lowest BCUT2D eigenvalue weighted by atomic mass is 10.0. The quantitative estimate of drug-likeness (QED) is 0.303. The Labute approximate surface area is 173 Å². The van der Waals surface area contributed by atoms with Crippen molar-refractivity contribution in [2.75, 3.05) is 0 Å². The first-order valence-electron chi connectivity index (χ1n) is 10.5. The Morgan fingerprint density at radius 1 is 0.750 bits per heavy atom. The lowest BCUT2D eigenvalue weighted by Gasteiger charge is -2.31. The summed E-state index contributed by atoms with van der Waals surface area (Å²) in [6, 6.07) is 20.1. The maximum atomic E-state index is 8.90. The zero-order chi connectivity index (χ0) is 20.6. The van der Waals surface area contributed by atoms with Crippen LogP contribution in [-0.2, 0) is 10.5 Å². The van der Waals surface area contributed by atoms with Crippen LogP contribution in [0.25, 0.3) is 11.1 Å². The van der Waals surface area contributed by atoms with Gasteiger partial charge in [-0.25, -0.2) is 0 Å². The van der Waals surface area contributed by atoms with Crippen LogP contribution in [0.2, 0.25) is 38.8 Å². The molecular formula is C24H35NOSi2. The van der Waals surface area contributed by atoms with E-state index in [1.165, 1.54) is 42.9 Å². The van der Waals surface area contributed by atoms with Crippen LogP contribution in [-0.4, -0.2) is 16.6 Å². The molecule has 0 aliphatic heterocycles. The lowest BCUT2D eigenvalue weighted by molar-refractivity contribution is 0.538. The second kappa shape index (κ2) is 10.2. The van der Waals surface area contributed by atoms with Gasteiger partial charge in [-0.05, 0) is 80.4 Å². The summed E-state index contributed by atoms with van der Waals surface area (Å²) in [5.41, 5.74) is 4.49. The van der Waals surface area contributed by atoms with Crippen molar-refractivity contribution < 1.29 is 4.12 Å². The summed E-state index contributed by atoms with van der Waals surface area (Å²) in [7, 11) is -2.86. The third-order valence-electron chi connectivity index (χ3n) is 4.88. The SMILES string of the molecule is C[Si](C)(C)O[Si](C)(C)CCCCCCc1ccc(-c2ccc(C#N)cc2)cc1. The van der Waals surface area contributed by atoms with Crippen molar-refractivity contribution in [1.82, 2.24) is 0 Å². The van der Waals surface area contributed by atoms with Gasteiger partial charge in [0, 0.05) is 0 Å². The molecule has 0 saturated carbocycles.